The van der Waals surface area contributed by atoms with Gasteiger partial charge in [0.05, 0.1) is 0 Å². The minimum Gasteiger partial charge on any atom is -0.427 e. The highest BCUT2D eigenvalue weighted by Gasteiger charge is 2.15. The molecule has 0 N–H and O–H groups in total. The first kappa shape index (κ1) is 14.6. The molecule has 1 aliphatic heterocycles. The Bertz CT molecular complexity index is 259. The van der Waals surface area contributed by atoms with Crippen LogP contribution in [-0.4, -0.2) is 62.3 Å². The van der Waals surface area contributed by atoms with Crippen LogP contribution in [0, 0.1) is 23.0 Å². The van der Waals surface area contributed by atoms with Crippen molar-refractivity contribution in [2.24, 2.45) is 0 Å². The first-order valence-electron chi connectivity index (χ1n) is 6.33. The van der Waals surface area contributed by atoms with Crippen LogP contribution < -0.4 is 0 Å². The Morgan fingerprint density at radius 1 is 0.778 bits per heavy atom. The van der Waals surface area contributed by atoms with Gasteiger partial charge in [-0.3, -0.25) is 0 Å². The van der Waals surface area contributed by atoms with Gasteiger partial charge in [0, 0.05) is 39.3 Å². The second-order valence-corrected chi connectivity index (χ2v) is 4.27. The van der Waals surface area contributed by atoms with Gasteiger partial charge in [-0.2, -0.15) is 10.5 Å². The molecule has 6 heteroatoms. The van der Waals surface area contributed by atoms with Crippen LogP contribution in [0.4, 0.5) is 0 Å². The van der Waals surface area contributed by atoms with Crippen molar-refractivity contribution in [1.29, 1.82) is 10.5 Å². The molecule has 0 unspecified atom stereocenters. The molecule has 0 aromatic rings. The Balaban J connectivity index is 1.99. The van der Waals surface area contributed by atoms with Gasteiger partial charge in [0.1, 0.15) is 13.2 Å². The standard InChI is InChI=1S/C12H20N4O2/c13-11-17-9-1-3-15-5-7-16(8-6-15)4-2-10-18-12-14/h1-10H2. The third-order valence-corrected chi connectivity index (χ3v) is 3.04. The molecule has 18 heavy (non-hydrogen) atoms. The summed E-state index contributed by atoms with van der Waals surface area (Å²) in [7, 11) is 0. The third kappa shape index (κ3) is 6.29. The fourth-order valence-corrected chi connectivity index (χ4v) is 2.05. The van der Waals surface area contributed by atoms with Crippen LogP contribution in [0.1, 0.15) is 12.8 Å². The summed E-state index contributed by atoms with van der Waals surface area (Å²) in [4.78, 5) is 4.78. The van der Waals surface area contributed by atoms with E-state index in [2.05, 4.69) is 19.3 Å². The topological polar surface area (TPSA) is 72.5 Å². The van der Waals surface area contributed by atoms with Crippen molar-refractivity contribution in [3.8, 4) is 12.5 Å². The number of nitriles is 2. The molecular formula is C12H20N4O2. The molecule has 0 spiro atoms. The first-order valence-corrected chi connectivity index (χ1v) is 6.33. The van der Waals surface area contributed by atoms with Crippen molar-refractivity contribution in [2.75, 3.05) is 52.5 Å². The van der Waals surface area contributed by atoms with E-state index in [1.54, 1.807) is 12.5 Å². The average molecular weight is 252 g/mol. The van der Waals surface area contributed by atoms with Crippen molar-refractivity contribution in [3.63, 3.8) is 0 Å². The highest BCUT2D eigenvalue weighted by molar-refractivity contribution is 4.72. The Labute approximate surface area is 108 Å². The monoisotopic (exact) mass is 252 g/mol. The molecule has 0 amide bonds. The molecule has 0 saturated carbocycles. The normalized spacial score (nSPS) is 16.8. The van der Waals surface area contributed by atoms with Crippen LogP contribution in [0.25, 0.3) is 0 Å². The van der Waals surface area contributed by atoms with Gasteiger partial charge in [0.25, 0.3) is 12.5 Å². The van der Waals surface area contributed by atoms with Crippen molar-refractivity contribution in [3.05, 3.63) is 0 Å². The molecule has 6 nitrogen and oxygen atoms in total. The minimum atomic E-state index is 0.516. The van der Waals surface area contributed by atoms with E-state index >= 15 is 0 Å². The summed E-state index contributed by atoms with van der Waals surface area (Å²) in [6.07, 6.45) is 5.18. The second-order valence-electron chi connectivity index (χ2n) is 4.27. The SMILES string of the molecule is N#COCCCN1CCN(CCCOC#N)CC1. The van der Waals surface area contributed by atoms with Crippen LogP contribution >= 0.6 is 0 Å². The summed E-state index contributed by atoms with van der Waals surface area (Å²) < 4.78 is 9.30. The van der Waals surface area contributed by atoms with Gasteiger partial charge in [-0.05, 0) is 12.8 Å². The van der Waals surface area contributed by atoms with Crippen molar-refractivity contribution in [2.45, 2.75) is 12.8 Å². The van der Waals surface area contributed by atoms with Crippen LogP contribution in [0.15, 0.2) is 0 Å². The molecule has 1 saturated heterocycles. The van der Waals surface area contributed by atoms with Crippen LogP contribution in [0.5, 0.6) is 0 Å². The minimum absolute atomic E-state index is 0.516. The van der Waals surface area contributed by atoms with E-state index in [9.17, 15) is 0 Å². The maximum Gasteiger partial charge on any atom is 0.286 e. The lowest BCUT2D eigenvalue weighted by Gasteiger charge is -2.34. The highest BCUT2D eigenvalue weighted by atomic mass is 16.5. The lowest BCUT2D eigenvalue weighted by atomic mass is 10.2. The summed E-state index contributed by atoms with van der Waals surface area (Å²) >= 11 is 0. The predicted molar refractivity (Wildman–Crippen MR) is 65.2 cm³/mol. The molecule has 1 aliphatic rings. The molecule has 0 bridgehead atoms. The number of hydrogen-bond donors (Lipinski definition) is 0. The van der Waals surface area contributed by atoms with Gasteiger partial charge in [-0.25, -0.2) is 0 Å². The van der Waals surface area contributed by atoms with Crippen molar-refractivity contribution < 1.29 is 9.47 Å². The first-order chi connectivity index (χ1) is 8.86. The lowest BCUT2D eigenvalue weighted by molar-refractivity contribution is 0.116. The number of piperazine rings is 1. The van der Waals surface area contributed by atoms with Crippen molar-refractivity contribution >= 4 is 0 Å². The third-order valence-electron chi connectivity index (χ3n) is 3.04. The molecule has 0 aromatic heterocycles. The molecule has 1 fully saturated rings. The molecule has 100 valence electrons. The van der Waals surface area contributed by atoms with E-state index in [0.717, 1.165) is 52.1 Å². The molecular weight excluding hydrogens is 232 g/mol. The molecule has 1 heterocycles. The largest absolute Gasteiger partial charge is 0.427 e. The molecule has 1 rings (SSSR count). The lowest BCUT2D eigenvalue weighted by Crippen LogP contribution is -2.47. The molecule has 0 atom stereocenters. The van der Waals surface area contributed by atoms with Crippen LogP contribution in [0.3, 0.4) is 0 Å². The van der Waals surface area contributed by atoms with E-state index in [1.807, 2.05) is 0 Å². The Morgan fingerprint density at radius 3 is 1.50 bits per heavy atom. The maximum absolute atomic E-state index is 8.24. The number of nitrogens with zero attached hydrogens (tertiary/aromatic N) is 4. The summed E-state index contributed by atoms with van der Waals surface area (Å²) in [6, 6.07) is 0. The summed E-state index contributed by atoms with van der Waals surface area (Å²) in [5.41, 5.74) is 0. The zero-order chi connectivity index (χ0) is 13.1. The summed E-state index contributed by atoms with van der Waals surface area (Å²) in [6.45, 7) is 7.26. The highest BCUT2D eigenvalue weighted by Crippen LogP contribution is 2.03. The Kier molecular flexibility index (Phi) is 7.70. The average Bonchev–Trinajstić information content (AvgIpc) is 2.41. The summed E-state index contributed by atoms with van der Waals surface area (Å²) in [5, 5.41) is 16.5. The number of rotatable bonds is 8. The van der Waals surface area contributed by atoms with Crippen LogP contribution in [-0.2, 0) is 9.47 Å². The molecule has 0 aliphatic carbocycles. The van der Waals surface area contributed by atoms with Crippen LogP contribution in [0.2, 0.25) is 0 Å². The molecule has 0 aromatic carbocycles. The van der Waals surface area contributed by atoms with E-state index in [1.165, 1.54) is 0 Å². The number of ether oxygens (including phenoxy) is 2. The molecule has 0 radical (unpaired) electrons. The zero-order valence-corrected chi connectivity index (χ0v) is 10.7. The van der Waals surface area contributed by atoms with E-state index in [0.29, 0.717) is 13.2 Å². The van der Waals surface area contributed by atoms with Gasteiger partial charge < -0.3 is 19.3 Å². The smallest absolute Gasteiger partial charge is 0.286 e. The van der Waals surface area contributed by atoms with Gasteiger partial charge in [-0.1, -0.05) is 0 Å². The van der Waals surface area contributed by atoms with Gasteiger partial charge in [-0.15, -0.1) is 0 Å². The van der Waals surface area contributed by atoms with Gasteiger partial charge in [0.15, 0.2) is 0 Å². The summed E-state index contributed by atoms with van der Waals surface area (Å²) in [5.74, 6) is 0. The van der Waals surface area contributed by atoms with Crippen molar-refractivity contribution in [1.82, 2.24) is 9.80 Å². The maximum atomic E-state index is 8.24. The van der Waals surface area contributed by atoms with Gasteiger partial charge >= 0.3 is 0 Å². The van der Waals surface area contributed by atoms with Gasteiger partial charge in [0.2, 0.25) is 0 Å². The van der Waals surface area contributed by atoms with E-state index in [4.69, 9.17) is 10.5 Å². The fourth-order valence-electron chi connectivity index (χ4n) is 2.05. The Morgan fingerprint density at radius 2 is 1.17 bits per heavy atom. The van der Waals surface area contributed by atoms with E-state index < -0.39 is 0 Å². The number of hydrogen-bond acceptors (Lipinski definition) is 6. The zero-order valence-electron chi connectivity index (χ0n) is 10.7. The Hall–Kier alpha value is -1.50. The fraction of sp³-hybridized carbons (Fsp3) is 0.833. The quantitative estimate of drug-likeness (QED) is 0.459. The second kappa shape index (κ2) is 9.52. The van der Waals surface area contributed by atoms with E-state index in [-0.39, 0.29) is 0 Å². The predicted octanol–water partition coefficient (Wildman–Crippen LogP) is 0.380.